The van der Waals surface area contributed by atoms with Crippen molar-refractivity contribution in [3.63, 3.8) is 0 Å². The van der Waals surface area contributed by atoms with Crippen molar-refractivity contribution in [2.75, 3.05) is 26.5 Å². The largest absolute Gasteiger partial charge is 0.465 e. The van der Waals surface area contributed by atoms with Crippen LogP contribution in [0.25, 0.3) is 0 Å². The number of hydrogen-bond donors (Lipinski definition) is 0. The fraction of sp³-hybridized carbons (Fsp3) is 0.472. The molecular weight excluding hydrogens is 616 g/mol. The first-order valence-corrected chi connectivity index (χ1v) is 16.6. The maximum Gasteiger partial charge on any atom is 0.346 e. The van der Waals surface area contributed by atoms with E-state index in [0.717, 1.165) is 28.8 Å². The number of nitrogens with zero attached hydrogens (tertiary/aromatic N) is 4. The smallest absolute Gasteiger partial charge is 0.346 e. The predicted molar refractivity (Wildman–Crippen MR) is 184 cm³/mol. The summed E-state index contributed by atoms with van der Waals surface area (Å²) in [5, 5.41) is 4.66. The number of rotatable bonds is 10. The number of carbonyl (C=O) groups excluding carboxylic acids is 3. The average molecular weight is 665 g/mol. The van der Waals surface area contributed by atoms with Gasteiger partial charge in [-0.05, 0) is 61.9 Å². The van der Waals surface area contributed by atoms with Crippen LogP contribution in [-0.4, -0.2) is 64.1 Å². The summed E-state index contributed by atoms with van der Waals surface area (Å²) in [6, 6.07) is 17.0. The number of esters is 2. The summed E-state index contributed by atoms with van der Waals surface area (Å²) >= 11 is 1.15. The molecule has 0 bridgehead atoms. The van der Waals surface area contributed by atoms with Crippen LogP contribution in [0.4, 0.5) is 4.79 Å². The molecule has 1 aliphatic carbocycles. The molecule has 2 aromatic carbocycles. The zero-order valence-corrected chi connectivity index (χ0v) is 30.0. The highest BCUT2D eigenvalue weighted by Crippen LogP contribution is 2.59. The molecule has 1 fully saturated rings. The minimum absolute atomic E-state index is 0.0212. The molecule has 0 aliphatic heterocycles. The Hall–Kier alpha value is -4.12. The molecule has 2 unspecified atom stereocenters. The lowest BCUT2D eigenvalue weighted by Gasteiger charge is -2.13. The molecule has 10 nitrogen and oxygen atoms in total. The van der Waals surface area contributed by atoms with Crippen molar-refractivity contribution < 1.29 is 28.6 Å². The summed E-state index contributed by atoms with van der Waals surface area (Å²) in [4.78, 5) is 41.8. The third kappa shape index (κ3) is 10.7. The van der Waals surface area contributed by atoms with Crippen molar-refractivity contribution in [3.05, 3.63) is 77.6 Å². The Kier molecular flexibility index (Phi) is 12.8. The van der Waals surface area contributed by atoms with Gasteiger partial charge in [0.1, 0.15) is 18.1 Å². The number of hydrogen-bond acceptors (Lipinski definition) is 9. The molecule has 1 saturated carbocycles. The van der Waals surface area contributed by atoms with Gasteiger partial charge >= 0.3 is 18.0 Å². The van der Waals surface area contributed by atoms with Gasteiger partial charge in [-0.1, -0.05) is 88.4 Å². The third-order valence-electron chi connectivity index (χ3n) is 7.37. The predicted octanol–water partition coefficient (Wildman–Crippen LogP) is 7.52. The molecule has 47 heavy (non-hydrogen) atoms. The van der Waals surface area contributed by atoms with Gasteiger partial charge in [-0.2, -0.15) is 4.68 Å². The number of carbonyl (C=O) groups is 3. The van der Waals surface area contributed by atoms with Gasteiger partial charge in [0.25, 0.3) is 0 Å². The van der Waals surface area contributed by atoms with E-state index in [-0.39, 0.29) is 53.0 Å². The highest BCUT2D eigenvalue weighted by Gasteiger charge is 2.61. The molecule has 1 aromatic heterocycles. The van der Waals surface area contributed by atoms with Crippen LogP contribution >= 0.6 is 11.8 Å². The lowest BCUT2D eigenvalue weighted by molar-refractivity contribution is -0.147. The number of aromatic nitrogens is 3. The fourth-order valence-electron chi connectivity index (χ4n) is 4.71. The quantitative estimate of drug-likeness (QED) is 0.123. The van der Waals surface area contributed by atoms with E-state index in [1.54, 1.807) is 21.0 Å². The van der Waals surface area contributed by atoms with Crippen LogP contribution in [0.5, 0.6) is 11.5 Å². The number of amides is 1. The molecular formula is C36H48N4O6S. The Balaban J connectivity index is 0.000000262. The lowest BCUT2D eigenvalue weighted by atomic mass is 9.96. The summed E-state index contributed by atoms with van der Waals surface area (Å²) in [5.74, 6) is 1.93. The summed E-state index contributed by atoms with van der Waals surface area (Å²) in [7, 11) is 3.28. The SMILES string of the molecule is CC(C)=CC1C(C(=O)OCc2cccc(Oc3ccccc3)c2)C1(C)C.CCOC(=O)CSc1nc(C(C)(C)C)nn1C(=O)N(C)C. The van der Waals surface area contributed by atoms with E-state index < -0.39 is 0 Å². The summed E-state index contributed by atoms with van der Waals surface area (Å²) in [6.45, 7) is 16.6. The Bertz CT molecular complexity index is 1550. The fourth-order valence-corrected chi connectivity index (χ4v) is 5.44. The topological polar surface area (TPSA) is 113 Å². The number of thioether (sulfide) groups is 1. The number of ether oxygens (including phenoxy) is 3. The molecule has 1 heterocycles. The number of para-hydroxylation sites is 1. The zero-order valence-electron chi connectivity index (χ0n) is 29.2. The second-order valence-corrected chi connectivity index (χ2v) is 14.3. The standard InChI is InChI=1S/C23H26O3.C13H22N4O3S/c1-16(2)13-20-21(23(20,3)4)22(24)25-15-17-9-8-12-19(14-17)26-18-10-6-5-7-11-18;1-7-20-9(18)8-21-11-14-10(13(2,3)4)15-17(11)12(19)16(5)6/h5-14,20-21H,15H2,1-4H3;7-8H2,1-6H3. The van der Waals surface area contributed by atoms with Gasteiger partial charge in [0.15, 0.2) is 11.0 Å². The lowest BCUT2D eigenvalue weighted by Crippen LogP contribution is -2.29. The van der Waals surface area contributed by atoms with Crippen LogP contribution in [0.15, 0.2) is 71.4 Å². The molecule has 0 saturated heterocycles. The average Bonchev–Trinajstić information content (AvgIpc) is 3.31. The second-order valence-electron chi connectivity index (χ2n) is 13.4. The summed E-state index contributed by atoms with van der Waals surface area (Å²) in [6.07, 6.45) is 2.18. The van der Waals surface area contributed by atoms with Crippen LogP contribution in [0.3, 0.4) is 0 Å². The van der Waals surface area contributed by atoms with Crippen molar-refractivity contribution in [2.45, 2.75) is 72.6 Å². The van der Waals surface area contributed by atoms with Crippen LogP contribution in [-0.2, 0) is 31.1 Å². The maximum atomic E-state index is 12.5. The number of benzene rings is 2. The van der Waals surface area contributed by atoms with Gasteiger partial charge in [0.2, 0.25) is 0 Å². The summed E-state index contributed by atoms with van der Waals surface area (Å²) in [5.41, 5.74) is 1.86. The van der Waals surface area contributed by atoms with E-state index in [4.69, 9.17) is 14.2 Å². The van der Waals surface area contributed by atoms with Crippen LogP contribution in [0.2, 0.25) is 0 Å². The highest BCUT2D eigenvalue weighted by atomic mass is 32.2. The maximum absolute atomic E-state index is 12.5. The van der Waals surface area contributed by atoms with Gasteiger partial charge in [0, 0.05) is 19.5 Å². The van der Waals surface area contributed by atoms with Crippen LogP contribution in [0.1, 0.15) is 66.8 Å². The van der Waals surface area contributed by atoms with Crippen molar-refractivity contribution in [1.29, 1.82) is 0 Å². The Morgan fingerprint density at radius 1 is 1.00 bits per heavy atom. The Morgan fingerprint density at radius 2 is 1.66 bits per heavy atom. The molecule has 0 N–H and O–H groups in total. The van der Waals surface area contributed by atoms with Crippen molar-refractivity contribution >= 4 is 29.7 Å². The van der Waals surface area contributed by atoms with Gasteiger partial charge < -0.3 is 19.1 Å². The van der Waals surface area contributed by atoms with Crippen LogP contribution in [0, 0.1) is 17.3 Å². The van der Waals surface area contributed by atoms with Crippen molar-refractivity contribution in [3.8, 4) is 11.5 Å². The van der Waals surface area contributed by atoms with E-state index >= 15 is 0 Å². The van der Waals surface area contributed by atoms with Crippen molar-refractivity contribution in [1.82, 2.24) is 19.7 Å². The van der Waals surface area contributed by atoms with E-state index in [9.17, 15) is 14.4 Å². The molecule has 2 atom stereocenters. The minimum Gasteiger partial charge on any atom is -0.465 e. The number of allylic oxidation sites excluding steroid dienone is 2. The third-order valence-corrected chi connectivity index (χ3v) is 8.27. The molecule has 0 spiro atoms. The Morgan fingerprint density at radius 3 is 2.26 bits per heavy atom. The molecule has 1 amide bonds. The van der Waals surface area contributed by atoms with Crippen LogP contribution < -0.4 is 4.74 Å². The first-order valence-electron chi connectivity index (χ1n) is 15.7. The van der Waals surface area contributed by atoms with E-state index in [0.29, 0.717) is 17.6 Å². The minimum atomic E-state index is -0.341. The van der Waals surface area contributed by atoms with E-state index in [1.165, 1.54) is 15.2 Å². The molecule has 0 radical (unpaired) electrons. The Labute approximate surface area is 282 Å². The first-order chi connectivity index (χ1) is 22.0. The first kappa shape index (κ1) is 37.3. The highest BCUT2D eigenvalue weighted by molar-refractivity contribution is 7.99. The van der Waals surface area contributed by atoms with Crippen molar-refractivity contribution in [2.24, 2.45) is 17.3 Å². The molecule has 3 aromatic rings. The monoisotopic (exact) mass is 664 g/mol. The molecule has 11 heteroatoms. The van der Waals surface area contributed by atoms with Gasteiger partial charge in [-0.25, -0.2) is 9.78 Å². The molecule has 254 valence electrons. The van der Waals surface area contributed by atoms with E-state index in [1.807, 2.05) is 75.4 Å². The zero-order chi connectivity index (χ0) is 34.9. The second kappa shape index (κ2) is 16.1. The summed E-state index contributed by atoms with van der Waals surface area (Å²) < 4.78 is 17.5. The van der Waals surface area contributed by atoms with E-state index in [2.05, 4.69) is 43.9 Å². The normalized spacial score (nSPS) is 16.2. The molecule has 4 rings (SSSR count). The van der Waals surface area contributed by atoms with Gasteiger partial charge in [-0.3, -0.25) is 9.59 Å². The van der Waals surface area contributed by atoms with Gasteiger partial charge in [-0.15, -0.1) is 5.10 Å². The molecule has 1 aliphatic rings. The van der Waals surface area contributed by atoms with Gasteiger partial charge in [0.05, 0.1) is 18.3 Å².